The van der Waals surface area contributed by atoms with E-state index in [1.165, 1.54) is 0 Å². The predicted octanol–water partition coefficient (Wildman–Crippen LogP) is 2.59. The van der Waals surface area contributed by atoms with Crippen molar-refractivity contribution in [2.75, 3.05) is 13.1 Å². The highest BCUT2D eigenvalue weighted by molar-refractivity contribution is 6.36. The Labute approximate surface area is 115 Å². The Hall–Kier alpha value is -0.770. The lowest BCUT2D eigenvalue weighted by Crippen LogP contribution is -2.64. The van der Waals surface area contributed by atoms with Gasteiger partial charge in [0.05, 0.1) is 23.7 Å². The molecule has 2 aliphatic rings. The highest BCUT2D eigenvalue weighted by atomic mass is 35.5. The van der Waals surface area contributed by atoms with E-state index in [2.05, 4.69) is 0 Å². The molecule has 1 aromatic rings. The molecule has 1 aliphatic heterocycles. The van der Waals surface area contributed by atoms with E-state index in [4.69, 9.17) is 23.2 Å². The van der Waals surface area contributed by atoms with Crippen LogP contribution in [0.15, 0.2) is 18.2 Å². The smallest absolute Gasteiger partial charge is 0.255 e. The molecule has 0 atom stereocenters. The summed E-state index contributed by atoms with van der Waals surface area (Å²) < 4.78 is 0. The summed E-state index contributed by atoms with van der Waals surface area (Å²) in [6.45, 7) is 0.824. The second-order valence-corrected chi connectivity index (χ2v) is 6.01. The minimum atomic E-state index is -0.658. The van der Waals surface area contributed by atoms with Crippen molar-refractivity contribution < 1.29 is 9.90 Å². The summed E-state index contributed by atoms with van der Waals surface area (Å²) in [7, 11) is 0. The van der Waals surface area contributed by atoms with Gasteiger partial charge in [0, 0.05) is 5.02 Å². The van der Waals surface area contributed by atoms with Crippen LogP contribution in [0, 0.1) is 5.92 Å². The molecule has 18 heavy (non-hydrogen) atoms. The van der Waals surface area contributed by atoms with Gasteiger partial charge in [0.15, 0.2) is 0 Å². The summed E-state index contributed by atoms with van der Waals surface area (Å²) in [5, 5.41) is 11.0. The molecule has 1 amide bonds. The van der Waals surface area contributed by atoms with E-state index >= 15 is 0 Å². The first-order valence-electron chi connectivity index (χ1n) is 5.96. The van der Waals surface area contributed by atoms with Gasteiger partial charge in [-0.15, -0.1) is 0 Å². The van der Waals surface area contributed by atoms with Gasteiger partial charge in [-0.1, -0.05) is 23.2 Å². The number of carbonyl (C=O) groups is 1. The summed E-state index contributed by atoms with van der Waals surface area (Å²) >= 11 is 11.8. The van der Waals surface area contributed by atoms with Crippen molar-refractivity contribution in [2.45, 2.75) is 18.4 Å². The van der Waals surface area contributed by atoms with Gasteiger partial charge in [0.25, 0.3) is 5.91 Å². The Bertz CT molecular complexity index is 508. The van der Waals surface area contributed by atoms with Gasteiger partial charge in [-0.25, -0.2) is 0 Å². The molecule has 1 aliphatic carbocycles. The molecule has 0 spiro atoms. The summed E-state index contributed by atoms with van der Waals surface area (Å²) in [4.78, 5) is 13.8. The SMILES string of the molecule is O=C(c1ccc(Cl)cc1Cl)N1CC(O)(C2CC2)C1. The molecular weight excluding hydrogens is 273 g/mol. The standard InChI is InChI=1S/C13H13Cl2NO2/c14-9-3-4-10(11(15)5-9)12(17)16-6-13(18,7-16)8-1-2-8/h3-5,8,18H,1-2,6-7H2. The molecule has 2 fully saturated rings. The monoisotopic (exact) mass is 285 g/mol. The summed E-state index contributed by atoms with van der Waals surface area (Å²) in [5.41, 5.74) is -0.215. The van der Waals surface area contributed by atoms with Crippen LogP contribution in [0.25, 0.3) is 0 Å². The van der Waals surface area contributed by atoms with Crippen molar-refractivity contribution in [2.24, 2.45) is 5.92 Å². The third-order valence-corrected chi connectivity index (χ3v) is 4.26. The lowest BCUT2D eigenvalue weighted by molar-refractivity contribution is -0.0958. The first-order valence-corrected chi connectivity index (χ1v) is 6.72. The van der Waals surface area contributed by atoms with Gasteiger partial charge in [0.1, 0.15) is 5.60 Å². The van der Waals surface area contributed by atoms with Gasteiger partial charge in [-0.3, -0.25) is 4.79 Å². The van der Waals surface area contributed by atoms with Crippen molar-refractivity contribution in [1.29, 1.82) is 0 Å². The topological polar surface area (TPSA) is 40.5 Å². The number of carbonyl (C=O) groups excluding carboxylic acids is 1. The van der Waals surface area contributed by atoms with Crippen LogP contribution in [0.2, 0.25) is 10.0 Å². The fraction of sp³-hybridized carbons (Fsp3) is 0.462. The average molecular weight is 286 g/mol. The molecule has 1 heterocycles. The number of hydrogen-bond acceptors (Lipinski definition) is 2. The van der Waals surface area contributed by atoms with Crippen LogP contribution in [0.4, 0.5) is 0 Å². The zero-order valence-corrected chi connectivity index (χ0v) is 11.2. The number of aliphatic hydroxyl groups is 1. The zero-order valence-electron chi connectivity index (χ0n) is 9.70. The molecule has 0 aromatic heterocycles. The number of benzene rings is 1. The number of rotatable bonds is 2. The van der Waals surface area contributed by atoms with Gasteiger partial charge in [-0.05, 0) is 37.0 Å². The number of β-amino-alcohol motifs (C(OH)–C–C–N with tert-alkyl or cyclic N) is 1. The lowest BCUT2D eigenvalue weighted by Gasteiger charge is -2.47. The average Bonchev–Trinajstić information content (AvgIpc) is 3.08. The molecule has 3 rings (SSSR count). The van der Waals surface area contributed by atoms with E-state index in [0.29, 0.717) is 34.6 Å². The van der Waals surface area contributed by atoms with E-state index in [-0.39, 0.29) is 5.91 Å². The Morgan fingerprint density at radius 2 is 2.00 bits per heavy atom. The Morgan fingerprint density at radius 3 is 2.56 bits per heavy atom. The van der Waals surface area contributed by atoms with Crippen LogP contribution in [0.3, 0.4) is 0 Å². The van der Waals surface area contributed by atoms with Crippen molar-refractivity contribution >= 4 is 29.1 Å². The molecule has 1 saturated heterocycles. The number of amides is 1. The van der Waals surface area contributed by atoms with Crippen molar-refractivity contribution in [3.05, 3.63) is 33.8 Å². The zero-order chi connectivity index (χ0) is 12.9. The molecule has 0 radical (unpaired) electrons. The second kappa shape index (κ2) is 4.12. The molecule has 3 nitrogen and oxygen atoms in total. The second-order valence-electron chi connectivity index (χ2n) is 5.16. The molecule has 1 saturated carbocycles. The van der Waals surface area contributed by atoms with Crippen LogP contribution in [0.5, 0.6) is 0 Å². The number of nitrogens with zero attached hydrogens (tertiary/aromatic N) is 1. The fourth-order valence-corrected chi connectivity index (χ4v) is 2.96. The maximum atomic E-state index is 12.2. The molecular formula is C13H13Cl2NO2. The van der Waals surface area contributed by atoms with Crippen molar-refractivity contribution in [3.8, 4) is 0 Å². The fourth-order valence-electron chi connectivity index (χ4n) is 2.47. The van der Waals surface area contributed by atoms with Crippen LogP contribution in [0.1, 0.15) is 23.2 Å². The van der Waals surface area contributed by atoms with Gasteiger partial charge >= 0.3 is 0 Å². The highest BCUT2D eigenvalue weighted by Crippen LogP contribution is 2.44. The Kier molecular flexibility index (Phi) is 2.81. The van der Waals surface area contributed by atoms with Crippen molar-refractivity contribution in [3.63, 3.8) is 0 Å². The normalized spacial score (nSPS) is 21.6. The van der Waals surface area contributed by atoms with Crippen molar-refractivity contribution in [1.82, 2.24) is 4.90 Å². The summed E-state index contributed by atoms with van der Waals surface area (Å²) in [6, 6.07) is 4.83. The molecule has 1 aromatic carbocycles. The van der Waals surface area contributed by atoms with Crippen LogP contribution in [-0.2, 0) is 0 Å². The lowest BCUT2D eigenvalue weighted by atomic mass is 9.88. The number of halogens is 2. The van der Waals surface area contributed by atoms with E-state index < -0.39 is 5.60 Å². The molecule has 96 valence electrons. The molecule has 1 N–H and O–H groups in total. The van der Waals surface area contributed by atoms with E-state index in [1.54, 1.807) is 23.1 Å². The van der Waals surface area contributed by atoms with Gasteiger partial charge < -0.3 is 10.0 Å². The minimum absolute atomic E-state index is 0.137. The maximum Gasteiger partial charge on any atom is 0.255 e. The summed E-state index contributed by atoms with van der Waals surface area (Å²) in [5.74, 6) is 0.240. The van der Waals surface area contributed by atoms with Gasteiger partial charge in [0.2, 0.25) is 0 Å². The first-order chi connectivity index (χ1) is 8.49. The number of likely N-dealkylation sites (tertiary alicyclic amines) is 1. The minimum Gasteiger partial charge on any atom is -0.386 e. The van der Waals surface area contributed by atoms with Gasteiger partial charge in [-0.2, -0.15) is 0 Å². The maximum absolute atomic E-state index is 12.2. The quantitative estimate of drug-likeness (QED) is 0.907. The first kappa shape index (κ1) is 12.3. The Morgan fingerprint density at radius 1 is 1.33 bits per heavy atom. The predicted molar refractivity (Wildman–Crippen MR) is 70.0 cm³/mol. The number of hydrogen-bond donors (Lipinski definition) is 1. The van der Waals surface area contributed by atoms with Crippen LogP contribution in [-0.4, -0.2) is 34.6 Å². The highest BCUT2D eigenvalue weighted by Gasteiger charge is 2.53. The van der Waals surface area contributed by atoms with Crippen LogP contribution < -0.4 is 0 Å². The summed E-state index contributed by atoms with van der Waals surface area (Å²) in [6.07, 6.45) is 2.14. The van der Waals surface area contributed by atoms with E-state index in [1.807, 2.05) is 0 Å². The van der Waals surface area contributed by atoms with Crippen LogP contribution >= 0.6 is 23.2 Å². The van der Waals surface area contributed by atoms with E-state index in [0.717, 1.165) is 12.8 Å². The largest absolute Gasteiger partial charge is 0.386 e. The Balaban J connectivity index is 1.72. The third kappa shape index (κ3) is 2.00. The third-order valence-electron chi connectivity index (χ3n) is 3.72. The van der Waals surface area contributed by atoms with E-state index in [9.17, 15) is 9.90 Å². The molecule has 0 unspecified atom stereocenters. The molecule has 5 heteroatoms. The molecule has 0 bridgehead atoms.